The van der Waals surface area contributed by atoms with Gasteiger partial charge in [-0.15, -0.1) is 6.42 Å². The molecule has 1 aliphatic carbocycles. The molecule has 3 heteroatoms. The van der Waals surface area contributed by atoms with E-state index in [0.29, 0.717) is 0 Å². The molecule has 3 aromatic carbocycles. The summed E-state index contributed by atoms with van der Waals surface area (Å²) in [5.74, 6) is 1.73. The minimum atomic E-state index is -0.0822. The van der Waals surface area contributed by atoms with Crippen LogP contribution in [0, 0.1) is 18.4 Å². The molecular formula is C34H40OSiTi-. The maximum Gasteiger partial charge on any atom is 0.138 e. The third-order valence-electron chi connectivity index (χ3n) is 5.16. The van der Waals surface area contributed by atoms with Gasteiger partial charge in [0.05, 0.1) is 0 Å². The summed E-state index contributed by atoms with van der Waals surface area (Å²) in [6.45, 7) is 13.2. The SMILES string of the molecule is C[SiH]C.Cc1ccc(C=CC(=C(Oc2ccccc2)c2ccccc2)C(C)(C)C)cc1.[C-]1=CC=CC1.[Ti]. The summed E-state index contributed by atoms with van der Waals surface area (Å²) in [5.41, 5.74) is 4.59. The van der Waals surface area contributed by atoms with Crippen molar-refractivity contribution >= 4 is 21.4 Å². The Morgan fingerprint density at radius 3 is 1.89 bits per heavy atom. The zero-order valence-electron chi connectivity index (χ0n) is 23.2. The van der Waals surface area contributed by atoms with Gasteiger partial charge in [-0.05, 0) is 30.0 Å². The third-order valence-corrected chi connectivity index (χ3v) is 5.16. The van der Waals surface area contributed by atoms with Gasteiger partial charge in [0.15, 0.2) is 0 Å². The van der Waals surface area contributed by atoms with Crippen LogP contribution in [-0.2, 0) is 21.7 Å². The molecule has 0 N–H and O–H groups in total. The van der Waals surface area contributed by atoms with Crippen molar-refractivity contribution in [1.82, 2.24) is 0 Å². The minimum absolute atomic E-state index is 0. The third kappa shape index (κ3) is 12.4. The van der Waals surface area contributed by atoms with Crippen LogP contribution in [0.3, 0.4) is 0 Å². The van der Waals surface area contributed by atoms with Crippen molar-refractivity contribution in [1.29, 1.82) is 0 Å². The van der Waals surface area contributed by atoms with Crippen LogP contribution in [0.1, 0.15) is 43.9 Å². The van der Waals surface area contributed by atoms with Gasteiger partial charge in [0.2, 0.25) is 0 Å². The van der Waals surface area contributed by atoms with Crippen molar-refractivity contribution in [3.05, 3.63) is 138 Å². The average Bonchev–Trinajstić information content (AvgIpc) is 3.46. The smallest absolute Gasteiger partial charge is 0.138 e. The first-order valence-corrected chi connectivity index (χ1v) is 14.9. The van der Waals surface area contributed by atoms with Crippen LogP contribution in [0.2, 0.25) is 13.1 Å². The molecule has 0 heterocycles. The number of aryl methyl sites for hydroxylation is 1. The van der Waals surface area contributed by atoms with E-state index in [0.717, 1.165) is 38.6 Å². The number of allylic oxidation sites excluding steroid dienone is 6. The second-order valence-electron chi connectivity index (χ2n) is 9.60. The second kappa shape index (κ2) is 17.7. The van der Waals surface area contributed by atoms with E-state index in [4.69, 9.17) is 4.74 Å². The van der Waals surface area contributed by atoms with E-state index >= 15 is 0 Å². The summed E-state index contributed by atoms with van der Waals surface area (Å²) >= 11 is 0. The van der Waals surface area contributed by atoms with Crippen molar-refractivity contribution in [2.45, 2.75) is 47.2 Å². The first kappa shape index (κ1) is 32.4. The average molecular weight is 541 g/mol. The van der Waals surface area contributed by atoms with Gasteiger partial charge in [0.25, 0.3) is 0 Å². The quantitative estimate of drug-likeness (QED) is 0.136. The Kier molecular flexibility index (Phi) is 15.5. The predicted molar refractivity (Wildman–Crippen MR) is 161 cm³/mol. The molecule has 0 saturated heterocycles. The Morgan fingerprint density at radius 2 is 1.43 bits per heavy atom. The molecule has 0 saturated carbocycles. The molecule has 0 fully saturated rings. The molecule has 191 valence electrons. The molecule has 1 nitrogen and oxygen atoms in total. The van der Waals surface area contributed by atoms with Gasteiger partial charge in [-0.1, -0.05) is 124 Å². The Hall–Kier alpha value is -2.65. The fourth-order valence-electron chi connectivity index (χ4n) is 3.33. The van der Waals surface area contributed by atoms with Crippen LogP contribution >= 0.6 is 0 Å². The Balaban J connectivity index is 0.000000656. The molecular weight excluding hydrogens is 500 g/mol. The zero-order valence-corrected chi connectivity index (χ0v) is 25.9. The van der Waals surface area contributed by atoms with E-state index in [1.165, 1.54) is 11.1 Å². The van der Waals surface area contributed by atoms with E-state index in [1.54, 1.807) is 0 Å². The standard InChI is InChI=1S/C27H28O.C5H5.C2H7Si.Ti/c1-21-15-17-22(18-16-21)19-20-25(27(2,3)4)26(23-11-7-5-8-12-23)28-24-13-9-6-10-14-24;1-2-4-5-3-1;1-3-2;/h5-20H,1-4H3;1-3H,4H2;3H,1-2H3;/q;-1;;. The van der Waals surface area contributed by atoms with Crippen molar-refractivity contribution < 1.29 is 26.5 Å². The van der Waals surface area contributed by atoms with Crippen LogP contribution in [0.15, 0.2) is 115 Å². The monoisotopic (exact) mass is 540 g/mol. The first-order valence-electron chi connectivity index (χ1n) is 12.6. The molecule has 0 spiro atoms. The summed E-state index contributed by atoms with van der Waals surface area (Å²) in [6.07, 6.45) is 14.4. The molecule has 4 rings (SSSR count). The summed E-state index contributed by atoms with van der Waals surface area (Å²) < 4.78 is 6.43. The van der Waals surface area contributed by atoms with Gasteiger partial charge < -0.3 is 4.74 Å². The maximum atomic E-state index is 6.43. The molecule has 0 aromatic heterocycles. The Bertz CT molecular complexity index is 1130. The molecule has 0 unspecified atom stereocenters. The summed E-state index contributed by atoms with van der Waals surface area (Å²) in [5, 5.41) is 0. The summed E-state index contributed by atoms with van der Waals surface area (Å²) in [7, 11) is 0.750. The van der Waals surface area contributed by atoms with Gasteiger partial charge >= 0.3 is 0 Å². The number of hydrogen-bond acceptors (Lipinski definition) is 1. The van der Waals surface area contributed by atoms with Crippen LogP contribution in [0.4, 0.5) is 0 Å². The molecule has 0 atom stereocenters. The first-order chi connectivity index (χ1) is 17.3. The van der Waals surface area contributed by atoms with Gasteiger partial charge in [-0.25, -0.2) is 12.2 Å². The number of rotatable bonds is 5. The van der Waals surface area contributed by atoms with Crippen LogP contribution in [0.5, 0.6) is 5.75 Å². The topological polar surface area (TPSA) is 9.23 Å². The number of benzene rings is 3. The second-order valence-corrected chi connectivity index (χ2v) is 10.8. The number of ether oxygens (including phenoxy) is 1. The fraction of sp³-hybridized carbons (Fsp3) is 0.235. The van der Waals surface area contributed by atoms with E-state index in [1.807, 2.05) is 60.7 Å². The van der Waals surface area contributed by atoms with Crippen molar-refractivity contribution in [3.63, 3.8) is 0 Å². The van der Waals surface area contributed by atoms with E-state index in [-0.39, 0.29) is 27.1 Å². The Labute approximate surface area is 242 Å². The largest absolute Gasteiger partial charge is 0.456 e. The Morgan fingerprint density at radius 1 is 0.865 bits per heavy atom. The normalized spacial score (nSPS) is 12.5. The zero-order chi connectivity index (χ0) is 26.2. The molecule has 1 aliphatic rings. The van der Waals surface area contributed by atoms with E-state index in [2.05, 4.69) is 101 Å². The molecule has 0 amide bonds. The van der Waals surface area contributed by atoms with E-state index < -0.39 is 0 Å². The predicted octanol–water partition coefficient (Wildman–Crippen LogP) is 9.37. The number of para-hydroxylation sites is 1. The van der Waals surface area contributed by atoms with Gasteiger partial charge in [0.1, 0.15) is 11.5 Å². The maximum absolute atomic E-state index is 6.43. The van der Waals surface area contributed by atoms with Crippen molar-refractivity contribution in [2.75, 3.05) is 0 Å². The van der Waals surface area contributed by atoms with E-state index in [9.17, 15) is 0 Å². The molecule has 3 aromatic rings. The summed E-state index contributed by atoms with van der Waals surface area (Å²) in [4.78, 5) is 0. The van der Waals surface area contributed by atoms with Gasteiger partial charge in [-0.2, -0.15) is 6.08 Å². The van der Waals surface area contributed by atoms with Crippen molar-refractivity contribution in [2.24, 2.45) is 5.41 Å². The van der Waals surface area contributed by atoms with Crippen molar-refractivity contribution in [3.8, 4) is 5.75 Å². The van der Waals surface area contributed by atoms with Crippen LogP contribution in [0.25, 0.3) is 11.8 Å². The number of hydrogen-bond donors (Lipinski definition) is 0. The summed E-state index contributed by atoms with van der Waals surface area (Å²) in [6, 6.07) is 28.9. The fourth-order valence-corrected chi connectivity index (χ4v) is 3.33. The molecule has 0 bridgehead atoms. The van der Waals surface area contributed by atoms with Gasteiger partial charge in [0, 0.05) is 42.4 Å². The van der Waals surface area contributed by atoms with Crippen LogP contribution < -0.4 is 4.74 Å². The molecule has 0 aliphatic heterocycles. The minimum Gasteiger partial charge on any atom is -0.456 e. The molecule has 37 heavy (non-hydrogen) atoms. The van der Waals surface area contributed by atoms with Crippen LogP contribution in [-0.4, -0.2) is 9.52 Å². The molecule has 1 radical (unpaired) electrons. The van der Waals surface area contributed by atoms with Gasteiger partial charge in [-0.3, -0.25) is 6.08 Å².